The molecule has 4 nitrogen and oxygen atoms in total. The molecule has 0 spiro atoms. The van der Waals surface area contributed by atoms with Gasteiger partial charge in [-0.25, -0.2) is 4.39 Å². The molecule has 154 valence electrons. The molecule has 0 bridgehead atoms. The number of fused-ring (bicyclic) bond motifs is 1. The molecule has 5 rings (SSSR count). The molecular weight excluding hydrogens is 377 g/mol. The van der Waals surface area contributed by atoms with Crippen LogP contribution in [0.4, 0.5) is 4.39 Å². The predicted octanol–water partition coefficient (Wildman–Crippen LogP) is 6.20. The molecule has 2 fully saturated rings. The average Bonchev–Trinajstić information content (AvgIpc) is 3.36. The number of aryl methyl sites for hydroxylation is 1. The summed E-state index contributed by atoms with van der Waals surface area (Å²) < 4.78 is 19.3. The van der Waals surface area contributed by atoms with Crippen LogP contribution in [-0.4, -0.2) is 15.2 Å². The van der Waals surface area contributed by atoms with Crippen LogP contribution in [0.15, 0.2) is 53.1 Å². The minimum absolute atomic E-state index is 0.234. The van der Waals surface area contributed by atoms with Crippen molar-refractivity contribution in [3.05, 3.63) is 72.0 Å². The van der Waals surface area contributed by atoms with E-state index >= 15 is 0 Å². The smallest absolute Gasteiger partial charge is 0.220 e. The third-order valence-electron chi connectivity index (χ3n) is 6.78. The van der Waals surface area contributed by atoms with Crippen LogP contribution in [-0.2, 0) is 0 Å². The van der Waals surface area contributed by atoms with E-state index in [1.54, 1.807) is 6.07 Å². The highest BCUT2D eigenvalue weighted by Crippen LogP contribution is 2.53. The van der Waals surface area contributed by atoms with Crippen LogP contribution in [0.3, 0.4) is 0 Å². The standard InChI is InChI=1S/C25H26FN3O/c1-16-28-29-25(30-16)24-14-18-5-2-3-8-22(18)23(24)12-11-21-10-9-19(15-27-21)17-6-4-7-20(26)13-17/h4,6-7,9-13,15,18,22-24H,2-3,5,8,14H2,1H3/b12-11+/t18-,22-,23+,24+/m1/s1. The first-order valence-corrected chi connectivity index (χ1v) is 10.9. The zero-order valence-corrected chi connectivity index (χ0v) is 17.2. The number of halogens is 1. The lowest BCUT2D eigenvalue weighted by Crippen LogP contribution is -2.19. The highest BCUT2D eigenvalue weighted by molar-refractivity contribution is 5.63. The number of hydrogen-bond donors (Lipinski definition) is 0. The Kier molecular flexibility index (Phi) is 5.19. The topological polar surface area (TPSA) is 51.8 Å². The summed E-state index contributed by atoms with van der Waals surface area (Å²) in [6, 6.07) is 10.6. The maximum absolute atomic E-state index is 13.5. The first kappa shape index (κ1) is 19.2. The van der Waals surface area contributed by atoms with Gasteiger partial charge in [0.05, 0.1) is 5.69 Å². The summed E-state index contributed by atoms with van der Waals surface area (Å²) >= 11 is 0. The largest absolute Gasteiger partial charge is 0.425 e. The Bertz CT molecular complexity index is 1040. The second kappa shape index (κ2) is 8.13. The van der Waals surface area contributed by atoms with Crippen molar-refractivity contribution in [2.45, 2.75) is 44.9 Å². The number of allylic oxidation sites excluding steroid dienone is 1. The third kappa shape index (κ3) is 3.81. The van der Waals surface area contributed by atoms with Gasteiger partial charge in [-0.15, -0.1) is 10.2 Å². The van der Waals surface area contributed by atoms with Crippen molar-refractivity contribution < 1.29 is 8.81 Å². The lowest BCUT2D eigenvalue weighted by Gasteiger charge is -2.28. The van der Waals surface area contributed by atoms with E-state index in [-0.39, 0.29) is 5.82 Å². The maximum Gasteiger partial charge on any atom is 0.220 e. The average molecular weight is 404 g/mol. The predicted molar refractivity (Wildman–Crippen MR) is 114 cm³/mol. The maximum atomic E-state index is 13.5. The molecule has 0 amide bonds. The molecule has 2 saturated carbocycles. The van der Waals surface area contributed by atoms with Crippen molar-refractivity contribution in [3.63, 3.8) is 0 Å². The van der Waals surface area contributed by atoms with Crippen molar-refractivity contribution in [1.82, 2.24) is 15.2 Å². The van der Waals surface area contributed by atoms with Crippen molar-refractivity contribution in [2.24, 2.45) is 17.8 Å². The van der Waals surface area contributed by atoms with E-state index in [2.05, 4.69) is 27.3 Å². The second-order valence-corrected chi connectivity index (χ2v) is 8.63. The van der Waals surface area contributed by atoms with E-state index in [1.807, 2.05) is 31.3 Å². The van der Waals surface area contributed by atoms with E-state index in [9.17, 15) is 4.39 Å². The Hall–Kier alpha value is -2.82. The van der Waals surface area contributed by atoms with Gasteiger partial charge in [0.15, 0.2) is 0 Å². The highest BCUT2D eigenvalue weighted by atomic mass is 19.1. The van der Waals surface area contributed by atoms with Gasteiger partial charge in [0.1, 0.15) is 5.82 Å². The fourth-order valence-corrected chi connectivity index (χ4v) is 5.37. The molecule has 1 aromatic carbocycles. The van der Waals surface area contributed by atoms with Gasteiger partial charge in [-0.2, -0.15) is 0 Å². The summed E-state index contributed by atoms with van der Waals surface area (Å²) in [4.78, 5) is 4.59. The Morgan fingerprint density at radius 2 is 1.97 bits per heavy atom. The summed E-state index contributed by atoms with van der Waals surface area (Å²) in [5, 5.41) is 8.41. The quantitative estimate of drug-likeness (QED) is 0.520. The molecule has 2 aromatic heterocycles. The van der Waals surface area contributed by atoms with Gasteiger partial charge >= 0.3 is 0 Å². The van der Waals surface area contributed by atoms with Crippen LogP contribution in [0.1, 0.15) is 55.5 Å². The van der Waals surface area contributed by atoms with Gasteiger partial charge in [0, 0.05) is 24.6 Å². The minimum atomic E-state index is -0.234. The van der Waals surface area contributed by atoms with Crippen LogP contribution >= 0.6 is 0 Å². The SMILES string of the molecule is Cc1nnc([C@H]2C[C@H]3CCCC[C@H]3[C@@H]2/C=C/c2ccc(-c3cccc(F)c3)cn2)o1. The molecule has 0 radical (unpaired) electrons. The monoisotopic (exact) mass is 403 g/mol. The molecule has 4 atom stereocenters. The fraction of sp³-hybridized carbons (Fsp3) is 0.400. The molecule has 2 heterocycles. The van der Waals surface area contributed by atoms with Gasteiger partial charge in [0.2, 0.25) is 11.8 Å². The Labute approximate surface area is 176 Å². The van der Waals surface area contributed by atoms with Gasteiger partial charge in [-0.1, -0.05) is 43.5 Å². The van der Waals surface area contributed by atoms with Crippen LogP contribution in [0, 0.1) is 30.5 Å². The first-order valence-electron chi connectivity index (χ1n) is 10.9. The van der Waals surface area contributed by atoms with Crippen molar-refractivity contribution in [2.75, 3.05) is 0 Å². The van der Waals surface area contributed by atoms with Crippen LogP contribution in [0.5, 0.6) is 0 Å². The molecule has 0 N–H and O–H groups in total. The summed E-state index contributed by atoms with van der Waals surface area (Å²) in [6.45, 7) is 1.85. The van der Waals surface area contributed by atoms with Crippen LogP contribution in [0.25, 0.3) is 17.2 Å². The molecule has 5 heteroatoms. The van der Waals surface area contributed by atoms with E-state index < -0.39 is 0 Å². The number of rotatable bonds is 4. The summed E-state index contributed by atoms with van der Waals surface area (Å²) in [7, 11) is 0. The molecule has 2 aliphatic rings. The minimum Gasteiger partial charge on any atom is -0.425 e. The molecule has 3 aromatic rings. The molecule has 0 saturated heterocycles. The lowest BCUT2D eigenvalue weighted by molar-refractivity contribution is 0.248. The normalized spacial score (nSPS) is 26.2. The molecule has 0 unspecified atom stereocenters. The van der Waals surface area contributed by atoms with E-state index in [1.165, 1.54) is 37.8 Å². The van der Waals surface area contributed by atoms with E-state index in [0.29, 0.717) is 23.6 Å². The summed E-state index contributed by atoms with van der Waals surface area (Å²) in [5.41, 5.74) is 2.67. The summed E-state index contributed by atoms with van der Waals surface area (Å²) in [5.74, 6) is 3.31. The lowest BCUT2D eigenvalue weighted by atomic mass is 9.77. The van der Waals surface area contributed by atoms with Crippen LogP contribution in [0.2, 0.25) is 0 Å². The Morgan fingerprint density at radius 3 is 2.73 bits per heavy atom. The van der Waals surface area contributed by atoms with Crippen molar-refractivity contribution in [1.29, 1.82) is 0 Å². The van der Waals surface area contributed by atoms with Gasteiger partial charge in [0.25, 0.3) is 0 Å². The van der Waals surface area contributed by atoms with Gasteiger partial charge in [-0.05, 0) is 60.4 Å². The number of benzene rings is 1. The molecule has 0 aliphatic heterocycles. The number of aromatic nitrogens is 3. The Balaban J connectivity index is 1.38. The van der Waals surface area contributed by atoms with E-state index in [4.69, 9.17) is 4.42 Å². The van der Waals surface area contributed by atoms with Crippen molar-refractivity contribution >= 4 is 6.08 Å². The number of pyridine rings is 1. The number of hydrogen-bond acceptors (Lipinski definition) is 4. The molecule has 30 heavy (non-hydrogen) atoms. The highest BCUT2D eigenvalue weighted by Gasteiger charge is 2.45. The van der Waals surface area contributed by atoms with Crippen molar-refractivity contribution in [3.8, 4) is 11.1 Å². The fourth-order valence-electron chi connectivity index (χ4n) is 5.37. The Morgan fingerprint density at radius 1 is 1.07 bits per heavy atom. The third-order valence-corrected chi connectivity index (χ3v) is 6.78. The van der Waals surface area contributed by atoms with E-state index in [0.717, 1.165) is 35.1 Å². The van der Waals surface area contributed by atoms with Gasteiger partial charge < -0.3 is 4.42 Å². The van der Waals surface area contributed by atoms with Crippen LogP contribution < -0.4 is 0 Å². The summed E-state index contributed by atoms with van der Waals surface area (Å²) in [6.07, 6.45) is 12.6. The molecule has 2 aliphatic carbocycles. The van der Waals surface area contributed by atoms with Gasteiger partial charge in [-0.3, -0.25) is 4.98 Å². The first-order chi connectivity index (χ1) is 14.7. The zero-order valence-electron chi connectivity index (χ0n) is 17.2. The molecular formula is C25H26FN3O. The second-order valence-electron chi connectivity index (χ2n) is 8.63. The number of nitrogens with zero attached hydrogens (tertiary/aromatic N) is 3. The zero-order chi connectivity index (χ0) is 20.5.